The fourth-order valence-electron chi connectivity index (χ4n) is 9.55. The first kappa shape index (κ1) is 33.3. The minimum absolute atomic E-state index is 0.614. The lowest BCUT2D eigenvalue weighted by Gasteiger charge is -2.36. The highest BCUT2D eigenvalue weighted by atomic mass is 14.8. The van der Waals surface area contributed by atoms with Crippen molar-refractivity contribution in [2.24, 2.45) is 0 Å². The van der Waals surface area contributed by atoms with Gasteiger partial charge in [0, 0.05) is 45.1 Å². The molecule has 4 nitrogen and oxygen atoms in total. The number of nitrogens with zero attached hydrogens (tertiary/aromatic N) is 4. The predicted octanol–water partition coefficient (Wildman–Crippen LogP) is 13.2. The fourth-order valence-corrected chi connectivity index (χ4v) is 9.55. The highest BCUT2D eigenvalue weighted by Gasteiger charge is 2.47. The molecular formula is C55H34N4. The number of rotatable bonds is 5. The maximum atomic E-state index is 5.28. The molecule has 0 radical (unpaired) electrons. The molecule has 0 amide bonds. The van der Waals surface area contributed by atoms with Gasteiger partial charge in [0.1, 0.15) is 0 Å². The zero-order valence-corrected chi connectivity index (χ0v) is 31.9. The molecule has 0 spiro atoms. The monoisotopic (exact) mass is 750 g/mol. The van der Waals surface area contributed by atoms with Crippen molar-refractivity contribution in [1.29, 1.82) is 0 Å². The van der Waals surface area contributed by atoms with Gasteiger partial charge in [-0.25, -0.2) is 9.97 Å². The lowest BCUT2D eigenvalue weighted by atomic mass is 9.65. The summed E-state index contributed by atoms with van der Waals surface area (Å²) in [6.45, 7) is 0. The van der Waals surface area contributed by atoms with Gasteiger partial charge in [0.05, 0.1) is 38.9 Å². The van der Waals surface area contributed by atoms with E-state index in [2.05, 4.69) is 187 Å². The maximum Gasteiger partial charge on any atom is 0.0972 e. The lowest BCUT2D eigenvalue weighted by Crippen LogP contribution is -2.29. The van der Waals surface area contributed by atoms with E-state index < -0.39 is 5.41 Å². The van der Waals surface area contributed by atoms with Crippen LogP contribution in [0, 0.1) is 0 Å². The van der Waals surface area contributed by atoms with Crippen molar-refractivity contribution in [3.05, 3.63) is 229 Å². The van der Waals surface area contributed by atoms with E-state index in [9.17, 15) is 0 Å². The van der Waals surface area contributed by atoms with E-state index in [1.807, 2.05) is 24.5 Å². The lowest BCUT2D eigenvalue weighted by molar-refractivity contribution is 0.771. The van der Waals surface area contributed by atoms with E-state index in [1.165, 1.54) is 38.9 Å². The van der Waals surface area contributed by atoms with Crippen LogP contribution < -0.4 is 0 Å². The summed E-state index contributed by atoms with van der Waals surface area (Å²) in [6, 6.07) is 69.9. The van der Waals surface area contributed by atoms with Gasteiger partial charge < -0.3 is 0 Å². The second kappa shape index (κ2) is 13.1. The first-order valence-corrected chi connectivity index (χ1v) is 20.0. The molecule has 4 heteroatoms. The van der Waals surface area contributed by atoms with Crippen molar-refractivity contribution in [2.45, 2.75) is 5.41 Å². The minimum Gasteiger partial charge on any atom is -0.254 e. The van der Waals surface area contributed by atoms with Gasteiger partial charge in [-0.3, -0.25) is 9.97 Å². The standard InChI is InChI=1S/C55H34N4/c1-4-17-46(43(14-1)35-20-22-36(23-21-35)49-30-28-39-26-24-37-11-8-32-56-51(37)53(39)58-49)55(47-18-5-2-15-44(47)45-16-3-6-19-48(45)55)42-13-7-10-41(34-42)50-31-29-40-27-25-38-12-9-33-57-52(38)54(40)59-50/h1-34H. The normalized spacial score (nSPS) is 12.9. The molecule has 0 fully saturated rings. The van der Waals surface area contributed by atoms with Gasteiger partial charge in [0.15, 0.2) is 0 Å². The third-order valence-electron chi connectivity index (χ3n) is 12.2. The summed E-state index contributed by atoms with van der Waals surface area (Å²) >= 11 is 0. The Morgan fingerprint density at radius 3 is 1.34 bits per heavy atom. The van der Waals surface area contributed by atoms with Crippen LogP contribution in [0.25, 0.3) is 88.4 Å². The molecule has 1 aliphatic rings. The quantitative estimate of drug-likeness (QED) is 0.164. The Morgan fingerprint density at radius 1 is 0.305 bits per heavy atom. The van der Waals surface area contributed by atoms with E-state index in [4.69, 9.17) is 15.0 Å². The molecule has 0 aliphatic heterocycles. The summed E-state index contributed by atoms with van der Waals surface area (Å²) in [6.07, 6.45) is 3.69. The van der Waals surface area contributed by atoms with Crippen molar-refractivity contribution >= 4 is 43.6 Å². The molecule has 0 N–H and O–H groups in total. The summed E-state index contributed by atoms with van der Waals surface area (Å²) in [7, 11) is 0. The smallest absolute Gasteiger partial charge is 0.0972 e. The van der Waals surface area contributed by atoms with E-state index >= 15 is 0 Å². The zero-order chi connectivity index (χ0) is 38.9. The highest BCUT2D eigenvalue weighted by Crippen LogP contribution is 2.58. The first-order valence-electron chi connectivity index (χ1n) is 20.0. The second-order valence-corrected chi connectivity index (χ2v) is 15.4. The van der Waals surface area contributed by atoms with E-state index in [0.29, 0.717) is 0 Å². The number of aromatic nitrogens is 4. The average molecular weight is 751 g/mol. The van der Waals surface area contributed by atoms with Gasteiger partial charge in [-0.1, -0.05) is 164 Å². The Kier molecular flexibility index (Phi) is 7.41. The Labute approximate surface area is 341 Å². The molecule has 4 aromatic heterocycles. The third kappa shape index (κ3) is 5.10. The molecule has 12 rings (SSSR count). The largest absolute Gasteiger partial charge is 0.254 e. The van der Waals surface area contributed by atoms with Crippen molar-refractivity contribution in [3.8, 4) is 44.8 Å². The van der Waals surface area contributed by atoms with Crippen LogP contribution in [0.4, 0.5) is 0 Å². The van der Waals surface area contributed by atoms with Gasteiger partial charge in [-0.15, -0.1) is 0 Å². The van der Waals surface area contributed by atoms with Crippen LogP contribution in [0.5, 0.6) is 0 Å². The molecule has 0 atom stereocenters. The van der Waals surface area contributed by atoms with Crippen molar-refractivity contribution in [3.63, 3.8) is 0 Å². The van der Waals surface area contributed by atoms with Crippen molar-refractivity contribution in [1.82, 2.24) is 19.9 Å². The van der Waals surface area contributed by atoms with E-state index in [-0.39, 0.29) is 0 Å². The number of fused-ring (bicyclic) bond motifs is 9. The van der Waals surface area contributed by atoms with Crippen LogP contribution in [0.3, 0.4) is 0 Å². The summed E-state index contributed by atoms with van der Waals surface area (Å²) < 4.78 is 0. The van der Waals surface area contributed by atoms with E-state index in [1.54, 1.807) is 0 Å². The van der Waals surface area contributed by atoms with Crippen LogP contribution >= 0.6 is 0 Å². The molecule has 0 bridgehead atoms. The molecule has 7 aromatic carbocycles. The number of hydrogen-bond donors (Lipinski definition) is 0. The Morgan fingerprint density at radius 2 is 0.763 bits per heavy atom. The molecule has 59 heavy (non-hydrogen) atoms. The molecule has 11 aromatic rings. The fraction of sp³-hybridized carbons (Fsp3) is 0.0182. The van der Waals surface area contributed by atoms with Gasteiger partial charge in [-0.05, 0) is 74.8 Å². The van der Waals surface area contributed by atoms with Crippen molar-refractivity contribution in [2.75, 3.05) is 0 Å². The molecule has 1 aliphatic carbocycles. The molecule has 274 valence electrons. The topological polar surface area (TPSA) is 51.6 Å². The summed E-state index contributed by atoms with van der Waals surface area (Å²) in [5.41, 5.74) is 16.8. The Hall–Kier alpha value is -7.82. The van der Waals surface area contributed by atoms with Crippen LogP contribution in [-0.2, 0) is 5.41 Å². The Balaban J connectivity index is 1.04. The van der Waals surface area contributed by atoms with Gasteiger partial charge >= 0.3 is 0 Å². The number of pyridine rings is 4. The van der Waals surface area contributed by atoms with Gasteiger partial charge in [0.2, 0.25) is 0 Å². The number of hydrogen-bond acceptors (Lipinski definition) is 4. The van der Waals surface area contributed by atoms with Gasteiger partial charge in [-0.2, -0.15) is 0 Å². The van der Waals surface area contributed by atoms with Gasteiger partial charge in [0.25, 0.3) is 0 Å². The van der Waals surface area contributed by atoms with E-state index in [0.717, 1.165) is 71.7 Å². The highest BCUT2D eigenvalue weighted by molar-refractivity contribution is 6.04. The van der Waals surface area contributed by atoms with Crippen LogP contribution in [-0.4, -0.2) is 19.9 Å². The molecule has 0 saturated carbocycles. The molecule has 0 saturated heterocycles. The first-order chi connectivity index (χ1) is 29.2. The van der Waals surface area contributed by atoms with Crippen LogP contribution in [0.2, 0.25) is 0 Å². The second-order valence-electron chi connectivity index (χ2n) is 15.4. The summed E-state index contributed by atoms with van der Waals surface area (Å²) in [5.74, 6) is 0. The third-order valence-corrected chi connectivity index (χ3v) is 12.2. The zero-order valence-electron chi connectivity index (χ0n) is 31.9. The molecular weight excluding hydrogens is 717 g/mol. The van der Waals surface area contributed by atoms with Crippen LogP contribution in [0.1, 0.15) is 22.3 Å². The SMILES string of the molecule is c1cc(-c2ccc3ccc4cccnc4c3n2)cc(C2(c3ccccc3-c3ccc(-c4ccc5ccc6cccnc6c5n4)cc3)c3ccccc3-c3ccccc32)c1. The summed E-state index contributed by atoms with van der Waals surface area (Å²) in [4.78, 5) is 19.9. The maximum absolute atomic E-state index is 5.28. The minimum atomic E-state index is -0.614. The van der Waals surface area contributed by atoms with Crippen LogP contribution in [0.15, 0.2) is 207 Å². The summed E-state index contributed by atoms with van der Waals surface area (Å²) in [5, 5.41) is 4.33. The molecule has 0 unspecified atom stereocenters. The molecule has 4 heterocycles. The number of benzene rings is 7. The Bertz CT molecular complexity index is 3410. The predicted molar refractivity (Wildman–Crippen MR) is 241 cm³/mol. The average Bonchev–Trinajstić information content (AvgIpc) is 3.62. The van der Waals surface area contributed by atoms with Crippen molar-refractivity contribution < 1.29 is 0 Å².